The van der Waals surface area contributed by atoms with E-state index in [1.807, 2.05) is 0 Å². The lowest BCUT2D eigenvalue weighted by molar-refractivity contribution is 0.132. The second kappa shape index (κ2) is 4.77. The van der Waals surface area contributed by atoms with Crippen LogP contribution in [0, 0.1) is 0 Å². The van der Waals surface area contributed by atoms with E-state index in [9.17, 15) is 5.11 Å². The zero-order valence-electron chi connectivity index (χ0n) is 9.24. The third kappa shape index (κ3) is 2.39. The monoisotopic (exact) mass is 205 g/mol. The van der Waals surface area contributed by atoms with Gasteiger partial charge in [-0.15, -0.1) is 0 Å². The molecule has 1 aliphatic rings. The largest absolute Gasteiger partial charge is 0.392 e. The van der Waals surface area contributed by atoms with Crippen LogP contribution in [0.2, 0.25) is 0 Å². The van der Waals surface area contributed by atoms with Gasteiger partial charge in [-0.05, 0) is 29.9 Å². The van der Waals surface area contributed by atoms with E-state index in [1.165, 1.54) is 11.1 Å². The van der Waals surface area contributed by atoms with Gasteiger partial charge in [0.25, 0.3) is 0 Å². The van der Waals surface area contributed by atoms with Gasteiger partial charge >= 0.3 is 0 Å². The summed E-state index contributed by atoms with van der Waals surface area (Å²) in [5.41, 5.74) is 2.82. The van der Waals surface area contributed by atoms with Crippen molar-refractivity contribution in [2.75, 3.05) is 13.1 Å². The van der Waals surface area contributed by atoms with Gasteiger partial charge in [0, 0.05) is 13.1 Å². The molecule has 0 amide bonds. The van der Waals surface area contributed by atoms with Crippen LogP contribution in [-0.4, -0.2) is 24.3 Å². The average molecular weight is 205 g/mol. The standard InChI is InChI=1S/C13H19NO/c1-2-10-5-3-4-6-13(10)11-7-12(15)9-14-8-11/h3-6,11-12,14-15H,2,7-9H2,1H3. The minimum atomic E-state index is -0.186. The molecule has 2 heteroatoms. The summed E-state index contributed by atoms with van der Waals surface area (Å²) in [6.07, 6.45) is 1.78. The van der Waals surface area contributed by atoms with Gasteiger partial charge in [-0.3, -0.25) is 0 Å². The number of benzene rings is 1. The molecule has 0 aliphatic carbocycles. The van der Waals surface area contributed by atoms with Crippen molar-refractivity contribution in [2.24, 2.45) is 0 Å². The first-order valence-corrected chi connectivity index (χ1v) is 5.77. The zero-order valence-corrected chi connectivity index (χ0v) is 9.24. The number of hydrogen-bond acceptors (Lipinski definition) is 2. The summed E-state index contributed by atoms with van der Waals surface area (Å²) in [5.74, 6) is 0.477. The quantitative estimate of drug-likeness (QED) is 0.770. The molecule has 0 radical (unpaired) electrons. The molecule has 2 N–H and O–H groups in total. The predicted molar refractivity (Wildman–Crippen MR) is 62.1 cm³/mol. The molecule has 1 saturated heterocycles. The second-order valence-corrected chi connectivity index (χ2v) is 4.30. The Morgan fingerprint density at radius 3 is 2.87 bits per heavy atom. The number of aliphatic hydroxyl groups is 1. The fourth-order valence-electron chi connectivity index (χ4n) is 2.41. The van der Waals surface area contributed by atoms with Gasteiger partial charge in [0.15, 0.2) is 0 Å². The Bertz CT molecular complexity index is 324. The Kier molecular flexibility index (Phi) is 3.39. The Balaban J connectivity index is 2.20. The minimum Gasteiger partial charge on any atom is -0.392 e. The van der Waals surface area contributed by atoms with Crippen molar-refractivity contribution < 1.29 is 5.11 Å². The molecule has 2 nitrogen and oxygen atoms in total. The molecule has 2 unspecified atom stereocenters. The molecule has 0 saturated carbocycles. The van der Waals surface area contributed by atoms with Gasteiger partial charge in [-0.1, -0.05) is 31.2 Å². The molecular weight excluding hydrogens is 186 g/mol. The lowest BCUT2D eigenvalue weighted by Crippen LogP contribution is -2.38. The summed E-state index contributed by atoms with van der Waals surface area (Å²) >= 11 is 0. The van der Waals surface area contributed by atoms with Gasteiger partial charge in [0.2, 0.25) is 0 Å². The predicted octanol–water partition coefficient (Wildman–Crippen LogP) is 1.69. The number of β-amino-alcohol motifs (C(OH)–C–C–N with tert-alkyl or cyclic N) is 1. The van der Waals surface area contributed by atoms with Crippen molar-refractivity contribution in [1.29, 1.82) is 0 Å². The van der Waals surface area contributed by atoms with Crippen LogP contribution in [0.5, 0.6) is 0 Å². The minimum absolute atomic E-state index is 0.186. The topological polar surface area (TPSA) is 32.3 Å². The number of aliphatic hydroxyl groups excluding tert-OH is 1. The molecule has 2 atom stereocenters. The van der Waals surface area contributed by atoms with E-state index in [0.717, 1.165) is 25.9 Å². The van der Waals surface area contributed by atoms with E-state index in [0.29, 0.717) is 5.92 Å². The molecular formula is C13H19NO. The number of rotatable bonds is 2. The van der Waals surface area contributed by atoms with Crippen LogP contribution in [0.3, 0.4) is 0 Å². The lowest BCUT2D eigenvalue weighted by Gasteiger charge is -2.28. The smallest absolute Gasteiger partial charge is 0.0670 e. The molecule has 0 aromatic heterocycles. The molecule has 2 rings (SSSR count). The third-order valence-electron chi connectivity index (χ3n) is 3.20. The van der Waals surface area contributed by atoms with Crippen molar-refractivity contribution in [3.8, 4) is 0 Å². The SMILES string of the molecule is CCc1ccccc1C1CNCC(O)C1. The molecule has 1 fully saturated rings. The van der Waals surface area contributed by atoms with Gasteiger partial charge < -0.3 is 10.4 Å². The van der Waals surface area contributed by atoms with Crippen LogP contribution >= 0.6 is 0 Å². The first-order valence-electron chi connectivity index (χ1n) is 5.77. The van der Waals surface area contributed by atoms with Crippen LogP contribution in [0.4, 0.5) is 0 Å². The first-order chi connectivity index (χ1) is 7.31. The molecule has 1 heterocycles. The highest BCUT2D eigenvalue weighted by molar-refractivity contribution is 5.31. The summed E-state index contributed by atoms with van der Waals surface area (Å²) in [5, 5.41) is 12.9. The zero-order chi connectivity index (χ0) is 10.7. The molecule has 0 spiro atoms. The molecule has 1 aliphatic heterocycles. The highest BCUT2D eigenvalue weighted by Gasteiger charge is 2.22. The number of piperidine rings is 1. The van der Waals surface area contributed by atoms with E-state index in [2.05, 4.69) is 36.5 Å². The Hall–Kier alpha value is -0.860. The molecule has 0 bridgehead atoms. The average Bonchev–Trinajstić information content (AvgIpc) is 2.29. The van der Waals surface area contributed by atoms with E-state index >= 15 is 0 Å². The van der Waals surface area contributed by atoms with Crippen molar-refractivity contribution in [1.82, 2.24) is 5.32 Å². The number of hydrogen-bond donors (Lipinski definition) is 2. The normalized spacial score (nSPS) is 26.5. The van der Waals surface area contributed by atoms with Crippen LogP contribution in [0.15, 0.2) is 24.3 Å². The fraction of sp³-hybridized carbons (Fsp3) is 0.538. The summed E-state index contributed by atoms with van der Waals surface area (Å²) in [6.45, 7) is 3.92. The van der Waals surface area contributed by atoms with Gasteiger partial charge in [-0.25, -0.2) is 0 Å². The maximum Gasteiger partial charge on any atom is 0.0670 e. The summed E-state index contributed by atoms with van der Waals surface area (Å²) in [6, 6.07) is 8.57. The van der Waals surface area contributed by atoms with Crippen molar-refractivity contribution in [2.45, 2.75) is 31.8 Å². The molecule has 82 valence electrons. The Labute approximate surface area is 91.3 Å². The summed E-state index contributed by atoms with van der Waals surface area (Å²) < 4.78 is 0. The van der Waals surface area contributed by atoms with E-state index in [1.54, 1.807) is 0 Å². The van der Waals surface area contributed by atoms with Gasteiger partial charge in [0.1, 0.15) is 0 Å². The van der Waals surface area contributed by atoms with Crippen molar-refractivity contribution in [3.05, 3.63) is 35.4 Å². The van der Waals surface area contributed by atoms with Crippen LogP contribution in [-0.2, 0) is 6.42 Å². The van der Waals surface area contributed by atoms with E-state index in [4.69, 9.17) is 0 Å². The Morgan fingerprint density at radius 2 is 2.13 bits per heavy atom. The van der Waals surface area contributed by atoms with Gasteiger partial charge in [0.05, 0.1) is 6.10 Å². The summed E-state index contributed by atoms with van der Waals surface area (Å²) in [4.78, 5) is 0. The number of nitrogens with one attached hydrogen (secondary N) is 1. The molecule has 15 heavy (non-hydrogen) atoms. The third-order valence-corrected chi connectivity index (χ3v) is 3.20. The molecule has 1 aromatic rings. The van der Waals surface area contributed by atoms with Crippen molar-refractivity contribution >= 4 is 0 Å². The molecule has 1 aromatic carbocycles. The summed E-state index contributed by atoms with van der Waals surface area (Å²) in [7, 11) is 0. The maximum absolute atomic E-state index is 9.64. The maximum atomic E-state index is 9.64. The highest BCUT2D eigenvalue weighted by Crippen LogP contribution is 2.26. The fourth-order valence-corrected chi connectivity index (χ4v) is 2.41. The second-order valence-electron chi connectivity index (χ2n) is 4.30. The van der Waals surface area contributed by atoms with Crippen LogP contribution in [0.1, 0.15) is 30.4 Å². The Morgan fingerprint density at radius 1 is 1.33 bits per heavy atom. The number of aryl methyl sites for hydroxylation is 1. The lowest BCUT2D eigenvalue weighted by atomic mass is 9.87. The first kappa shape index (κ1) is 10.7. The van der Waals surface area contributed by atoms with Gasteiger partial charge in [-0.2, -0.15) is 0 Å². The van der Waals surface area contributed by atoms with Crippen LogP contribution in [0.25, 0.3) is 0 Å². The van der Waals surface area contributed by atoms with Crippen molar-refractivity contribution in [3.63, 3.8) is 0 Å². The van der Waals surface area contributed by atoms with Crippen LogP contribution < -0.4 is 5.32 Å². The highest BCUT2D eigenvalue weighted by atomic mass is 16.3. The van der Waals surface area contributed by atoms with E-state index in [-0.39, 0.29) is 6.10 Å². The van der Waals surface area contributed by atoms with E-state index < -0.39 is 0 Å².